The van der Waals surface area contributed by atoms with Crippen LogP contribution in [-0.2, 0) is 4.79 Å². The zero-order valence-corrected chi connectivity index (χ0v) is 16.1. The van der Waals surface area contributed by atoms with E-state index in [1.54, 1.807) is 11.5 Å². The number of ether oxygens (including phenoxy) is 1. The molecular weight excluding hydrogens is 348 g/mol. The molecule has 5 nitrogen and oxygen atoms in total. The highest BCUT2D eigenvalue weighted by Crippen LogP contribution is 2.24. The predicted octanol–water partition coefficient (Wildman–Crippen LogP) is 4.36. The lowest BCUT2D eigenvalue weighted by Gasteiger charge is -2.15. The van der Waals surface area contributed by atoms with Crippen LogP contribution in [0, 0.1) is 6.92 Å². The number of carbonyl (C=O) groups excluding carboxylic acids is 1. The van der Waals surface area contributed by atoms with Crippen LogP contribution in [0.25, 0.3) is 10.2 Å². The smallest absolute Gasteiger partial charge is 0.308 e. The van der Waals surface area contributed by atoms with Gasteiger partial charge in [-0.3, -0.25) is 14.2 Å². The molecule has 1 atom stereocenters. The number of carbonyl (C=O) groups is 1. The van der Waals surface area contributed by atoms with Crippen molar-refractivity contribution in [2.75, 3.05) is 5.32 Å². The maximum absolute atomic E-state index is 12.4. The first kappa shape index (κ1) is 18.2. The SMILES string of the molecule is Cc1cccc(OC(C)C(=O)Nc2ccc3c(c2)sc(=O)n3C(C)C)c1. The lowest BCUT2D eigenvalue weighted by molar-refractivity contribution is -0.122. The summed E-state index contributed by atoms with van der Waals surface area (Å²) in [6.45, 7) is 7.65. The van der Waals surface area contributed by atoms with Crippen LogP contribution in [0.2, 0.25) is 0 Å². The van der Waals surface area contributed by atoms with E-state index in [1.807, 2.05) is 63.2 Å². The quantitative estimate of drug-likeness (QED) is 0.726. The third-order valence-electron chi connectivity index (χ3n) is 4.07. The summed E-state index contributed by atoms with van der Waals surface area (Å²) >= 11 is 1.19. The largest absolute Gasteiger partial charge is 0.481 e. The Morgan fingerprint density at radius 3 is 2.62 bits per heavy atom. The van der Waals surface area contributed by atoms with Gasteiger partial charge in [-0.05, 0) is 63.6 Å². The molecule has 0 aliphatic heterocycles. The molecule has 0 spiro atoms. The molecule has 0 saturated carbocycles. The molecule has 1 unspecified atom stereocenters. The van der Waals surface area contributed by atoms with Crippen molar-refractivity contribution in [2.24, 2.45) is 0 Å². The number of aryl methyl sites for hydroxylation is 1. The van der Waals surface area contributed by atoms with Crippen LogP contribution in [-0.4, -0.2) is 16.6 Å². The van der Waals surface area contributed by atoms with Crippen molar-refractivity contribution in [3.63, 3.8) is 0 Å². The Labute approximate surface area is 156 Å². The molecule has 3 rings (SSSR count). The molecule has 1 amide bonds. The van der Waals surface area contributed by atoms with E-state index in [1.165, 1.54) is 11.3 Å². The first-order valence-electron chi connectivity index (χ1n) is 8.54. The van der Waals surface area contributed by atoms with Crippen molar-refractivity contribution in [2.45, 2.75) is 39.8 Å². The van der Waals surface area contributed by atoms with Crippen molar-refractivity contribution in [3.05, 3.63) is 57.7 Å². The number of nitrogens with one attached hydrogen (secondary N) is 1. The van der Waals surface area contributed by atoms with Crippen LogP contribution in [0.5, 0.6) is 5.75 Å². The molecule has 0 aliphatic rings. The maximum Gasteiger partial charge on any atom is 0.308 e. The Balaban J connectivity index is 1.75. The zero-order chi connectivity index (χ0) is 18.8. The zero-order valence-electron chi connectivity index (χ0n) is 15.3. The average Bonchev–Trinajstić information content (AvgIpc) is 2.89. The van der Waals surface area contributed by atoms with E-state index in [9.17, 15) is 9.59 Å². The van der Waals surface area contributed by atoms with Crippen molar-refractivity contribution in [1.82, 2.24) is 4.57 Å². The van der Waals surface area contributed by atoms with Gasteiger partial charge >= 0.3 is 4.87 Å². The first-order chi connectivity index (χ1) is 12.3. The van der Waals surface area contributed by atoms with Gasteiger partial charge in [-0.2, -0.15) is 0 Å². The highest BCUT2D eigenvalue weighted by atomic mass is 32.1. The fourth-order valence-electron chi connectivity index (χ4n) is 2.79. The Kier molecular flexibility index (Phi) is 5.13. The van der Waals surface area contributed by atoms with Gasteiger partial charge in [-0.1, -0.05) is 23.5 Å². The summed E-state index contributed by atoms with van der Waals surface area (Å²) in [7, 11) is 0. The summed E-state index contributed by atoms with van der Waals surface area (Å²) in [5.74, 6) is 0.428. The second-order valence-corrected chi connectivity index (χ2v) is 7.57. The van der Waals surface area contributed by atoms with E-state index in [0.717, 1.165) is 15.8 Å². The number of amides is 1. The molecule has 1 aromatic heterocycles. The number of thiazole rings is 1. The van der Waals surface area contributed by atoms with Crippen molar-refractivity contribution in [3.8, 4) is 5.75 Å². The highest BCUT2D eigenvalue weighted by molar-refractivity contribution is 7.16. The number of anilines is 1. The molecule has 1 heterocycles. The van der Waals surface area contributed by atoms with E-state index < -0.39 is 6.10 Å². The summed E-state index contributed by atoms with van der Waals surface area (Å²) in [5.41, 5.74) is 2.61. The number of nitrogens with zero attached hydrogens (tertiary/aromatic N) is 1. The molecule has 26 heavy (non-hydrogen) atoms. The van der Waals surface area contributed by atoms with E-state index in [2.05, 4.69) is 5.32 Å². The molecule has 0 fully saturated rings. The summed E-state index contributed by atoms with van der Waals surface area (Å²) in [4.78, 5) is 24.6. The second kappa shape index (κ2) is 7.33. The number of aromatic nitrogens is 1. The fourth-order valence-corrected chi connectivity index (χ4v) is 3.85. The number of rotatable bonds is 5. The number of hydrogen-bond donors (Lipinski definition) is 1. The third kappa shape index (κ3) is 3.80. The van der Waals surface area contributed by atoms with Gasteiger partial charge in [0, 0.05) is 11.7 Å². The number of hydrogen-bond acceptors (Lipinski definition) is 4. The van der Waals surface area contributed by atoms with Crippen LogP contribution >= 0.6 is 11.3 Å². The van der Waals surface area contributed by atoms with Gasteiger partial charge in [0.25, 0.3) is 5.91 Å². The monoisotopic (exact) mass is 370 g/mol. The Hall–Kier alpha value is -2.60. The topological polar surface area (TPSA) is 60.3 Å². The molecule has 3 aromatic rings. The molecule has 2 aromatic carbocycles. The lowest BCUT2D eigenvalue weighted by Crippen LogP contribution is -2.30. The van der Waals surface area contributed by atoms with E-state index in [-0.39, 0.29) is 16.8 Å². The standard InChI is InChI=1S/C20H22N2O3S/c1-12(2)22-17-9-8-15(11-18(17)26-20(22)24)21-19(23)14(4)25-16-7-5-6-13(3)10-16/h5-12,14H,1-4H3,(H,21,23). The molecule has 0 saturated heterocycles. The van der Waals surface area contributed by atoms with Gasteiger partial charge in [0.05, 0.1) is 10.2 Å². The number of fused-ring (bicyclic) bond motifs is 1. The van der Waals surface area contributed by atoms with Gasteiger partial charge in [0.15, 0.2) is 6.10 Å². The van der Waals surface area contributed by atoms with Gasteiger partial charge in [-0.15, -0.1) is 0 Å². The predicted molar refractivity (Wildman–Crippen MR) is 106 cm³/mol. The Morgan fingerprint density at radius 1 is 1.15 bits per heavy atom. The minimum atomic E-state index is -0.633. The fraction of sp³-hybridized carbons (Fsp3) is 0.300. The third-order valence-corrected chi connectivity index (χ3v) is 4.99. The van der Waals surface area contributed by atoms with Gasteiger partial charge in [0.1, 0.15) is 5.75 Å². The van der Waals surface area contributed by atoms with Crippen molar-refractivity contribution in [1.29, 1.82) is 0 Å². The Morgan fingerprint density at radius 2 is 1.92 bits per heavy atom. The molecule has 136 valence electrons. The molecule has 0 bridgehead atoms. The summed E-state index contributed by atoms with van der Waals surface area (Å²) < 4.78 is 8.32. The van der Waals surface area contributed by atoms with Gasteiger partial charge in [-0.25, -0.2) is 0 Å². The molecule has 0 radical (unpaired) electrons. The summed E-state index contributed by atoms with van der Waals surface area (Å²) in [5, 5.41) is 2.86. The molecule has 6 heteroatoms. The molecule has 1 N–H and O–H groups in total. The second-order valence-electron chi connectivity index (χ2n) is 6.58. The van der Waals surface area contributed by atoms with Crippen molar-refractivity contribution < 1.29 is 9.53 Å². The normalized spacial score (nSPS) is 12.3. The summed E-state index contributed by atoms with van der Waals surface area (Å²) in [6.07, 6.45) is -0.633. The Bertz CT molecular complexity index is 1000. The minimum absolute atomic E-state index is 0.00891. The van der Waals surface area contributed by atoms with Crippen LogP contribution in [0.4, 0.5) is 5.69 Å². The van der Waals surface area contributed by atoms with Crippen LogP contribution in [0.3, 0.4) is 0 Å². The van der Waals surface area contributed by atoms with E-state index in [0.29, 0.717) is 11.4 Å². The molecule has 0 aliphatic carbocycles. The maximum atomic E-state index is 12.4. The lowest BCUT2D eigenvalue weighted by atomic mass is 10.2. The van der Waals surface area contributed by atoms with Gasteiger partial charge < -0.3 is 10.1 Å². The van der Waals surface area contributed by atoms with Crippen molar-refractivity contribution >= 4 is 33.1 Å². The van der Waals surface area contributed by atoms with E-state index in [4.69, 9.17) is 4.74 Å². The minimum Gasteiger partial charge on any atom is -0.481 e. The van der Waals surface area contributed by atoms with Crippen LogP contribution in [0.15, 0.2) is 47.3 Å². The number of benzene rings is 2. The average molecular weight is 370 g/mol. The highest BCUT2D eigenvalue weighted by Gasteiger charge is 2.16. The van der Waals surface area contributed by atoms with Gasteiger partial charge in [0.2, 0.25) is 0 Å². The van der Waals surface area contributed by atoms with Crippen LogP contribution < -0.4 is 14.9 Å². The first-order valence-corrected chi connectivity index (χ1v) is 9.36. The summed E-state index contributed by atoms with van der Waals surface area (Å²) in [6, 6.07) is 13.2. The van der Waals surface area contributed by atoms with E-state index >= 15 is 0 Å². The molecular formula is C20H22N2O3S. The van der Waals surface area contributed by atoms with Crippen LogP contribution in [0.1, 0.15) is 32.4 Å².